The Hall–Kier alpha value is -0.120. The van der Waals surface area contributed by atoms with Crippen molar-refractivity contribution in [3.05, 3.63) is 0 Å². The molecule has 3 rings (SSSR count). The molecule has 3 heteroatoms. The molecular weight excluding hydrogens is 210 g/mol. The zero-order valence-electron chi connectivity index (χ0n) is 11.4. The van der Waals surface area contributed by atoms with E-state index in [2.05, 4.69) is 29.1 Å². The van der Waals surface area contributed by atoms with Crippen LogP contribution in [-0.4, -0.2) is 60.6 Å². The fourth-order valence-electron chi connectivity index (χ4n) is 3.66. The number of nitrogens with zero attached hydrogens (tertiary/aromatic N) is 2. The van der Waals surface area contributed by atoms with Crippen molar-refractivity contribution in [3.8, 4) is 0 Å². The Balaban J connectivity index is 1.43. The molecule has 2 saturated heterocycles. The van der Waals surface area contributed by atoms with Crippen LogP contribution in [-0.2, 0) is 0 Å². The van der Waals surface area contributed by atoms with Gasteiger partial charge in [0, 0.05) is 37.3 Å². The highest BCUT2D eigenvalue weighted by Crippen LogP contribution is 2.33. The standard InChI is InChI=1S/C14H27N3/c1-11-8-12(10-17(11)13-5-6-13)15-9-14-4-3-7-16(14)2/h11-15H,3-10H2,1-2H3. The van der Waals surface area contributed by atoms with Crippen molar-refractivity contribution < 1.29 is 0 Å². The molecule has 1 aliphatic carbocycles. The molecule has 0 aromatic heterocycles. The minimum Gasteiger partial charge on any atom is -0.311 e. The van der Waals surface area contributed by atoms with Crippen LogP contribution in [0.3, 0.4) is 0 Å². The second-order valence-electron chi connectivity index (χ2n) is 6.39. The summed E-state index contributed by atoms with van der Waals surface area (Å²) in [5.41, 5.74) is 0. The maximum Gasteiger partial charge on any atom is 0.0218 e. The third kappa shape index (κ3) is 2.67. The van der Waals surface area contributed by atoms with E-state index in [0.29, 0.717) is 0 Å². The Kier molecular flexibility index (Phi) is 3.42. The van der Waals surface area contributed by atoms with E-state index in [9.17, 15) is 0 Å². The fourth-order valence-corrected chi connectivity index (χ4v) is 3.66. The normalized spacial score (nSPS) is 40.2. The van der Waals surface area contributed by atoms with Gasteiger partial charge in [-0.05, 0) is 52.6 Å². The summed E-state index contributed by atoms with van der Waals surface area (Å²) in [4.78, 5) is 5.25. The zero-order chi connectivity index (χ0) is 11.8. The van der Waals surface area contributed by atoms with E-state index in [1.807, 2.05) is 0 Å². The van der Waals surface area contributed by atoms with Crippen LogP contribution >= 0.6 is 0 Å². The molecule has 1 saturated carbocycles. The molecule has 3 atom stereocenters. The second kappa shape index (κ2) is 4.87. The predicted molar refractivity (Wildman–Crippen MR) is 71.2 cm³/mol. The molecule has 0 aromatic carbocycles. The maximum atomic E-state index is 3.81. The van der Waals surface area contributed by atoms with Gasteiger partial charge in [0.05, 0.1) is 0 Å². The van der Waals surface area contributed by atoms with Crippen LogP contribution in [0.15, 0.2) is 0 Å². The number of rotatable bonds is 4. The largest absolute Gasteiger partial charge is 0.311 e. The quantitative estimate of drug-likeness (QED) is 0.795. The lowest BCUT2D eigenvalue weighted by Crippen LogP contribution is -2.41. The lowest BCUT2D eigenvalue weighted by Gasteiger charge is -2.22. The predicted octanol–water partition coefficient (Wildman–Crippen LogP) is 1.30. The molecular formula is C14H27N3. The molecule has 3 aliphatic rings. The molecule has 2 aliphatic heterocycles. The van der Waals surface area contributed by atoms with E-state index in [-0.39, 0.29) is 0 Å². The van der Waals surface area contributed by atoms with Crippen LogP contribution in [0.5, 0.6) is 0 Å². The summed E-state index contributed by atoms with van der Waals surface area (Å²) in [6, 6.07) is 3.28. The molecule has 0 amide bonds. The van der Waals surface area contributed by atoms with E-state index in [4.69, 9.17) is 0 Å². The number of likely N-dealkylation sites (N-methyl/N-ethyl adjacent to an activating group) is 1. The van der Waals surface area contributed by atoms with Gasteiger partial charge in [0.1, 0.15) is 0 Å². The molecule has 3 unspecified atom stereocenters. The summed E-state index contributed by atoms with van der Waals surface area (Å²) in [7, 11) is 2.27. The van der Waals surface area contributed by atoms with Crippen molar-refractivity contribution in [2.75, 3.05) is 26.7 Å². The van der Waals surface area contributed by atoms with Crippen LogP contribution in [0.2, 0.25) is 0 Å². The maximum absolute atomic E-state index is 3.81. The molecule has 3 nitrogen and oxygen atoms in total. The topological polar surface area (TPSA) is 18.5 Å². The first-order valence-corrected chi connectivity index (χ1v) is 7.43. The van der Waals surface area contributed by atoms with Gasteiger partial charge in [-0.15, -0.1) is 0 Å². The fraction of sp³-hybridized carbons (Fsp3) is 1.00. The molecule has 0 spiro atoms. The van der Waals surface area contributed by atoms with Crippen molar-refractivity contribution in [2.45, 2.75) is 63.2 Å². The molecule has 17 heavy (non-hydrogen) atoms. The van der Waals surface area contributed by atoms with Gasteiger partial charge in [-0.25, -0.2) is 0 Å². The van der Waals surface area contributed by atoms with Crippen molar-refractivity contribution in [2.24, 2.45) is 0 Å². The molecule has 0 aromatic rings. The van der Waals surface area contributed by atoms with Crippen molar-refractivity contribution in [3.63, 3.8) is 0 Å². The summed E-state index contributed by atoms with van der Waals surface area (Å²) in [6.45, 7) is 6.19. The Morgan fingerprint density at radius 2 is 2.06 bits per heavy atom. The summed E-state index contributed by atoms with van der Waals surface area (Å²) in [5.74, 6) is 0. The highest BCUT2D eigenvalue weighted by Gasteiger charge is 2.38. The number of likely N-dealkylation sites (tertiary alicyclic amines) is 2. The van der Waals surface area contributed by atoms with Gasteiger partial charge in [-0.1, -0.05) is 0 Å². The van der Waals surface area contributed by atoms with Gasteiger partial charge in [0.2, 0.25) is 0 Å². The van der Waals surface area contributed by atoms with Gasteiger partial charge in [0.15, 0.2) is 0 Å². The molecule has 0 bridgehead atoms. The van der Waals surface area contributed by atoms with E-state index >= 15 is 0 Å². The van der Waals surface area contributed by atoms with Crippen LogP contribution in [0.4, 0.5) is 0 Å². The first kappa shape index (κ1) is 11.9. The minimum atomic E-state index is 0.750. The summed E-state index contributed by atoms with van der Waals surface area (Å²) < 4.78 is 0. The van der Waals surface area contributed by atoms with E-state index in [1.54, 1.807) is 0 Å². The third-order valence-corrected chi connectivity index (χ3v) is 4.95. The molecule has 3 fully saturated rings. The van der Waals surface area contributed by atoms with Crippen LogP contribution < -0.4 is 5.32 Å². The number of hydrogen-bond donors (Lipinski definition) is 1. The van der Waals surface area contributed by atoms with Gasteiger partial charge >= 0.3 is 0 Å². The highest BCUT2D eigenvalue weighted by atomic mass is 15.3. The molecule has 98 valence electrons. The zero-order valence-corrected chi connectivity index (χ0v) is 11.4. The van der Waals surface area contributed by atoms with Crippen molar-refractivity contribution in [1.29, 1.82) is 0 Å². The summed E-state index contributed by atoms with van der Waals surface area (Å²) in [5, 5.41) is 3.81. The second-order valence-corrected chi connectivity index (χ2v) is 6.39. The van der Waals surface area contributed by atoms with Gasteiger partial charge in [-0.2, -0.15) is 0 Å². The third-order valence-electron chi connectivity index (χ3n) is 4.95. The Labute approximate surface area is 106 Å². The van der Waals surface area contributed by atoms with Gasteiger partial charge < -0.3 is 10.2 Å². The molecule has 2 heterocycles. The van der Waals surface area contributed by atoms with Gasteiger partial charge in [0.25, 0.3) is 0 Å². The van der Waals surface area contributed by atoms with E-state index in [1.165, 1.54) is 51.7 Å². The van der Waals surface area contributed by atoms with Crippen molar-refractivity contribution in [1.82, 2.24) is 15.1 Å². The highest BCUT2D eigenvalue weighted by molar-refractivity contribution is 4.96. The molecule has 1 N–H and O–H groups in total. The van der Waals surface area contributed by atoms with Crippen LogP contribution in [0.25, 0.3) is 0 Å². The minimum absolute atomic E-state index is 0.750. The average Bonchev–Trinajstić information content (AvgIpc) is 2.96. The smallest absolute Gasteiger partial charge is 0.0218 e. The van der Waals surface area contributed by atoms with Crippen molar-refractivity contribution >= 4 is 0 Å². The average molecular weight is 237 g/mol. The number of hydrogen-bond acceptors (Lipinski definition) is 3. The lowest BCUT2D eigenvalue weighted by molar-refractivity contribution is 0.252. The Morgan fingerprint density at radius 3 is 2.71 bits per heavy atom. The first-order chi connectivity index (χ1) is 8.24. The Bertz CT molecular complexity index is 264. The monoisotopic (exact) mass is 237 g/mol. The van der Waals surface area contributed by atoms with Crippen LogP contribution in [0.1, 0.15) is 39.0 Å². The first-order valence-electron chi connectivity index (χ1n) is 7.43. The summed E-state index contributed by atoms with van der Waals surface area (Å²) in [6.07, 6.45) is 7.02. The summed E-state index contributed by atoms with van der Waals surface area (Å²) >= 11 is 0. The Morgan fingerprint density at radius 1 is 1.24 bits per heavy atom. The van der Waals surface area contributed by atoms with Gasteiger partial charge in [-0.3, -0.25) is 4.90 Å². The van der Waals surface area contributed by atoms with E-state index in [0.717, 1.165) is 24.2 Å². The van der Waals surface area contributed by atoms with Crippen LogP contribution in [0, 0.1) is 0 Å². The number of nitrogens with one attached hydrogen (secondary N) is 1. The lowest BCUT2D eigenvalue weighted by atomic mass is 10.1. The SMILES string of the molecule is CC1CC(NCC2CCCN2C)CN1C1CC1. The van der Waals surface area contributed by atoms with E-state index < -0.39 is 0 Å². The molecule has 0 radical (unpaired) electrons.